The van der Waals surface area contributed by atoms with E-state index in [1.54, 1.807) is 6.92 Å². The minimum absolute atomic E-state index is 0.123. The van der Waals surface area contributed by atoms with Crippen LogP contribution < -0.4 is 5.32 Å². The Morgan fingerprint density at radius 1 is 1.32 bits per heavy atom. The lowest BCUT2D eigenvalue weighted by atomic mass is 10.0. The van der Waals surface area contributed by atoms with Gasteiger partial charge in [-0.2, -0.15) is 0 Å². The zero-order valence-electron chi connectivity index (χ0n) is 14.1. The summed E-state index contributed by atoms with van der Waals surface area (Å²) in [6.45, 7) is 8.42. The van der Waals surface area contributed by atoms with Crippen LogP contribution in [0.15, 0.2) is 0 Å². The summed E-state index contributed by atoms with van der Waals surface area (Å²) in [6.07, 6.45) is 3.17. The van der Waals surface area contributed by atoms with E-state index in [2.05, 4.69) is 12.2 Å². The van der Waals surface area contributed by atoms with Crippen LogP contribution in [0.25, 0.3) is 0 Å². The lowest BCUT2D eigenvalue weighted by Crippen LogP contribution is -2.44. The van der Waals surface area contributed by atoms with E-state index in [-0.39, 0.29) is 11.8 Å². The molecular weight excluding hydrogens is 284 g/mol. The number of likely N-dealkylation sites (tertiary alicyclic amines) is 1. The zero-order valence-corrected chi connectivity index (χ0v) is 14.1. The van der Waals surface area contributed by atoms with Crippen LogP contribution in [0.4, 0.5) is 0 Å². The molecule has 2 amide bonds. The van der Waals surface area contributed by atoms with E-state index in [0.717, 1.165) is 19.4 Å². The van der Waals surface area contributed by atoms with Gasteiger partial charge in [0.2, 0.25) is 11.8 Å². The molecule has 0 bridgehead atoms. The summed E-state index contributed by atoms with van der Waals surface area (Å²) in [5, 5.41) is 2.76. The molecule has 2 atom stereocenters. The highest BCUT2D eigenvalue weighted by molar-refractivity contribution is 5.81. The average molecular weight is 314 g/mol. The number of hydrogen-bond donors (Lipinski definition) is 1. The van der Waals surface area contributed by atoms with Crippen molar-refractivity contribution >= 4 is 11.8 Å². The van der Waals surface area contributed by atoms with Crippen LogP contribution >= 0.6 is 0 Å². The van der Waals surface area contributed by atoms with Gasteiger partial charge in [-0.25, -0.2) is 0 Å². The Bertz CT molecular complexity index is 349. The Hall–Kier alpha value is -1.14. The molecule has 1 aliphatic heterocycles. The second-order valence-electron chi connectivity index (χ2n) is 5.68. The van der Waals surface area contributed by atoms with Crippen LogP contribution in [0.2, 0.25) is 0 Å². The van der Waals surface area contributed by atoms with E-state index in [1.807, 2.05) is 11.8 Å². The fourth-order valence-corrected chi connectivity index (χ4v) is 2.55. The molecule has 0 aromatic rings. The smallest absolute Gasteiger partial charge is 0.248 e. The maximum atomic E-state index is 12.1. The molecule has 1 N–H and O–H groups in total. The summed E-state index contributed by atoms with van der Waals surface area (Å²) in [7, 11) is 0. The standard InChI is InChI=1S/C16H30N2O4/c1-4-21-11-12-22-14(3)16(20)17-9-8-15(19)18-10-6-5-7-13(18)2/h13-14H,4-12H2,1-3H3,(H,17,20). The second kappa shape index (κ2) is 10.6. The van der Waals surface area contributed by atoms with Gasteiger partial charge in [0.15, 0.2) is 0 Å². The van der Waals surface area contributed by atoms with E-state index >= 15 is 0 Å². The fraction of sp³-hybridized carbons (Fsp3) is 0.875. The number of carbonyl (C=O) groups excluding carboxylic acids is 2. The first-order valence-corrected chi connectivity index (χ1v) is 8.32. The van der Waals surface area contributed by atoms with Crippen LogP contribution in [-0.4, -0.2) is 61.8 Å². The van der Waals surface area contributed by atoms with Gasteiger partial charge in [0, 0.05) is 32.2 Å². The molecule has 1 aliphatic rings. The number of amides is 2. The molecule has 0 aliphatic carbocycles. The molecule has 0 aromatic carbocycles. The lowest BCUT2D eigenvalue weighted by molar-refractivity contribution is -0.135. The summed E-state index contributed by atoms with van der Waals surface area (Å²) in [5.74, 6) is -0.0617. The monoisotopic (exact) mass is 314 g/mol. The zero-order chi connectivity index (χ0) is 16.4. The number of rotatable bonds is 9. The third-order valence-corrected chi connectivity index (χ3v) is 3.93. The summed E-state index contributed by atoms with van der Waals surface area (Å²) >= 11 is 0. The third kappa shape index (κ3) is 6.75. The van der Waals surface area contributed by atoms with Crippen molar-refractivity contribution in [1.29, 1.82) is 0 Å². The molecule has 0 radical (unpaired) electrons. The average Bonchev–Trinajstić information content (AvgIpc) is 2.51. The number of nitrogens with one attached hydrogen (secondary N) is 1. The van der Waals surface area contributed by atoms with Crippen molar-refractivity contribution in [3.8, 4) is 0 Å². The van der Waals surface area contributed by atoms with E-state index in [0.29, 0.717) is 38.8 Å². The molecule has 6 nitrogen and oxygen atoms in total. The Balaban J connectivity index is 2.16. The molecule has 0 spiro atoms. The molecule has 1 fully saturated rings. The van der Waals surface area contributed by atoms with Crippen molar-refractivity contribution < 1.29 is 19.1 Å². The highest BCUT2D eigenvalue weighted by Gasteiger charge is 2.23. The van der Waals surface area contributed by atoms with Crippen LogP contribution in [0.3, 0.4) is 0 Å². The molecule has 2 unspecified atom stereocenters. The largest absolute Gasteiger partial charge is 0.379 e. The van der Waals surface area contributed by atoms with E-state index < -0.39 is 6.10 Å². The minimum atomic E-state index is -0.524. The summed E-state index contributed by atoms with van der Waals surface area (Å²) in [6, 6.07) is 0.317. The second-order valence-corrected chi connectivity index (χ2v) is 5.68. The normalized spacial score (nSPS) is 19.8. The molecule has 1 heterocycles. The quantitative estimate of drug-likeness (QED) is 0.652. The van der Waals surface area contributed by atoms with Crippen LogP contribution in [0.5, 0.6) is 0 Å². The van der Waals surface area contributed by atoms with Gasteiger partial charge < -0.3 is 19.7 Å². The third-order valence-electron chi connectivity index (χ3n) is 3.93. The SMILES string of the molecule is CCOCCOC(C)C(=O)NCCC(=O)N1CCCCC1C. The molecule has 6 heteroatoms. The maximum absolute atomic E-state index is 12.1. The van der Waals surface area contributed by atoms with Gasteiger partial charge in [-0.1, -0.05) is 0 Å². The predicted molar refractivity (Wildman–Crippen MR) is 84.6 cm³/mol. The van der Waals surface area contributed by atoms with Gasteiger partial charge in [0.25, 0.3) is 0 Å². The van der Waals surface area contributed by atoms with Gasteiger partial charge >= 0.3 is 0 Å². The molecule has 0 saturated carbocycles. The molecule has 1 rings (SSSR count). The predicted octanol–water partition coefficient (Wildman–Crippen LogP) is 1.34. The van der Waals surface area contributed by atoms with Crippen molar-refractivity contribution in [3.63, 3.8) is 0 Å². The van der Waals surface area contributed by atoms with Crippen LogP contribution in [0, 0.1) is 0 Å². The molecular formula is C16H30N2O4. The number of carbonyl (C=O) groups is 2. The van der Waals surface area contributed by atoms with Crippen molar-refractivity contribution in [2.24, 2.45) is 0 Å². The van der Waals surface area contributed by atoms with Gasteiger partial charge in [0.1, 0.15) is 6.10 Å². The first-order chi connectivity index (χ1) is 10.6. The van der Waals surface area contributed by atoms with Gasteiger partial charge in [-0.15, -0.1) is 0 Å². The highest BCUT2D eigenvalue weighted by Crippen LogP contribution is 2.16. The van der Waals surface area contributed by atoms with Crippen molar-refractivity contribution in [3.05, 3.63) is 0 Å². The summed E-state index contributed by atoms with van der Waals surface area (Å²) in [4.78, 5) is 25.9. The Kier molecular flexibility index (Phi) is 9.08. The topological polar surface area (TPSA) is 67.9 Å². The highest BCUT2D eigenvalue weighted by atomic mass is 16.5. The Labute approximate surface area is 133 Å². The lowest BCUT2D eigenvalue weighted by Gasteiger charge is -2.33. The Morgan fingerprint density at radius 3 is 2.77 bits per heavy atom. The van der Waals surface area contributed by atoms with Crippen LogP contribution in [-0.2, 0) is 19.1 Å². The Morgan fingerprint density at radius 2 is 2.09 bits per heavy atom. The number of hydrogen-bond acceptors (Lipinski definition) is 4. The first-order valence-electron chi connectivity index (χ1n) is 8.32. The first kappa shape index (κ1) is 18.9. The molecule has 1 saturated heterocycles. The number of nitrogens with zero attached hydrogens (tertiary/aromatic N) is 1. The maximum Gasteiger partial charge on any atom is 0.248 e. The van der Waals surface area contributed by atoms with Gasteiger partial charge in [-0.3, -0.25) is 9.59 Å². The molecule has 128 valence electrons. The molecule has 0 aromatic heterocycles. The summed E-state index contributed by atoms with van der Waals surface area (Å²) < 4.78 is 10.5. The van der Waals surface area contributed by atoms with E-state index in [4.69, 9.17) is 9.47 Å². The van der Waals surface area contributed by atoms with E-state index in [9.17, 15) is 9.59 Å². The summed E-state index contributed by atoms with van der Waals surface area (Å²) in [5.41, 5.74) is 0. The van der Waals surface area contributed by atoms with Crippen molar-refractivity contribution in [1.82, 2.24) is 10.2 Å². The van der Waals surface area contributed by atoms with Crippen molar-refractivity contribution in [2.75, 3.05) is 32.9 Å². The van der Waals surface area contributed by atoms with Gasteiger partial charge in [0.05, 0.1) is 13.2 Å². The van der Waals surface area contributed by atoms with Gasteiger partial charge in [-0.05, 0) is 40.0 Å². The number of piperidine rings is 1. The van der Waals surface area contributed by atoms with Crippen molar-refractivity contribution in [2.45, 2.75) is 58.6 Å². The number of ether oxygens (including phenoxy) is 2. The molecule has 22 heavy (non-hydrogen) atoms. The van der Waals surface area contributed by atoms with E-state index in [1.165, 1.54) is 6.42 Å². The minimum Gasteiger partial charge on any atom is -0.379 e. The fourth-order valence-electron chi connectivity index (χ4n) is 2.55. The van der Waals surface area contributed by atoms with Crippen LogP contribution in [0.1, 0.15) is 46.5 Å².